The van der Waals surface area contributed by atoms with Crippen molar-refractivity contribution in [3.8, 4) is 0 Å². The van der Waals surface area contributed by atoms with Gasteiger partial charge in [0.05, 0.1) is 0 Å². The number of aliphatic imine (C=N–C) groups is 1. The molecule has 0 aliphatic carbocycles. The second kappa shape index (κ2) is 9.72. The van der Waals surface area contributed by atoms with Gasteiger partial charge in [0.25, 0.3) is 0 Å². The van der Waals surface area contributed by atoms with Crippen molar-refractivity contribution in [1.29, 1.82) is 0 Å². The Balaban J connectivity index is 4.34. The lowest BCUT2D eigenvalue weighted by atomic mass is 10.1. The minimum atomic E-state index is -1.66. The fourth-order valence-electron chi connectivity index (χ4n) is 2.02. The minimum absolute atomic E-state index is 0.289. The van der Waals surface area contributed by atoms with E-state index in [2.05, 4.69) is 45.8 Å². The molecule has 0 heterocycles. The Hall–Kier alpha value is -0.153. The Labute approximate surface area is 128 Å². The zero-order valence-electron chi connectivity index (χ0n) is 15.0. The molecule has 0 aliphatic rings. The van der Waals surface area contributed by atoms with E-state index in [0.717, 1.165) is 6.42 Å². The monoisotopic (exact) mass is 299 g/mol. The van der Waals surface area contributed by atoms with Crippen LogP contribution in [0.25, 0.3) is 0 Å². The molecule has 3 heteroatoms. The molecule has 20 heavy (non-hydrogen) atoms. The van der Waals surface area contributed by atoms with Gasteiger partial charge in [0.2, 0.25) is 0 Å². The SMILES string of the molecule is CCCCCCCC(CC=NC)O[Si](C)(C)C(C)(C)C. The van der Waals surface area contributed by atoms with E-state index < -0.39 is 8.32 Å². The third-order valence-electron chi connectivity index (χ3n) is 4.45. The van der Waals surface area contributed by atoms with Gasteiger partial charge in [-0.3, -0.25) is 0 Å². The summed E-state index contributed by atoms with van der Waals surface area (Å²) in [5.74, 6) is 0. The fraction of sp³-hybridized carbons (Fsp3) is 0.941. The average molecular weight is 300 g/mol. The maximum absolute atomic E-state index is 6.56. The third-order valence-corrected chi connectivity index (χ3v) is 8.98. The van der Waals surface area contributed by atoms with Crippen molar-refractivity contribution in [2.24, 2.45) is 4.99 Å². The molecule has 0 fully saturated rings. The number of nitrogens with zero attached hydrogens (tertiary/aromatic N) is 1. The van der Waals surface area contributed by atoms with Gasteiger partial charge in [-0.1, -0.05) is 59.8 Å². The summed E-state index contributed by atoms with van der Waals surface area (Å²) in [6, 6.07) is 0. The molecule has 1 unspecified atom stereocenters. The molecule has 0 N–H and O–H groups in total. The van der Waals surface area contributed by atoms with Crippen molar-refractivity contribution in [3.05, 3.63) is 0 Å². The van der Waals surface area contributed by atoms with E-state index >= 15 is 0 Å². The Bertz CT molecular complexity index is 269. The van der Waals surface area contributed by atoms with Crippen molar-refractivity contribution in [2.45, 2.75) is 96.9 Å². The molecule has 0 radical (unpaired) electrons. The van der Waals surface area contributed by atoms with Crippen LogP contribution in [0, 0.1) is 0 Å². The molecular weight excluding hydrogens is 262 g/mol. The van der Waals surface area contributed by atoms with Crippen LogP contribution < -0.4 is 0 Å². The molecule has 0 aromatic rings. The van der Waals surface area contributed by atoms with E-state index in [4.69, 9.17) is 4.43 Å². The van der Waals surface area contributed by atoms with Crippen molar-refractivity contribution in [3.63, 3.8) is 0 Å². The highest BCUT2D eigenvalue weighted by Crippen LogP contribution is 2.38. The normalized spacial score (nSPS) is 14.9. The number of rotatable bonds is 10. The number of hydrogen-bond donors (Lipinski definition) is 0. The molecule has 2 nitrogen and oxygen atoms in total. The first-order valence-corrected chi connectivity index (χ1v) is 11.2. The summed E-state index contributed by atoms with van der Waals surface area (Å²) in [5, 5.41) is 0.289. The Kier molecular flexibility index (Phi) is 9.65. The van der Waals surface area contributed by atoms with Gasteiger partial charge in [-0.25, -0.2) is 0 Å². The van der Waals surface area contributed by atoms with E-state index in [0.29, 0.717) is 6.10 Å². The standard InChI is InChI=1S/C17H37NOSi/c1-8-9-10-11-12-13-16(14-15-18-5)19-20(6,7)17(2,3)4/h15-16H,8-14H2,1-7H3. The van der Waals surface area contributed by atoms with Crippen LogP contribution in [0.5, 0.6) is 0 Å². The van der Waals surface area contributed by atoms with Gasteiger partial charge in [-0.2, -0.15) is 0 Å². The van der Waals surface area contributed by atoms with Gasteiger partial charge >= 0.3 is 0 Å². The first-order valence-electron chi connectivity index (χ1n) is 8.33. The van der Waals surface area contributed by atoms with Gasteiger partial charge < -0.3 is 9.42 Å². The van der Waals surface area contributed by atoms with Crippen LogP contribution in [-0.4, -0.2) is 27.7 Å². The quantitative estimate of drug-likeness (QED) is 0.282. The van der Waals surface area contributed by atoms with Crippen LogP contribution in [0.1, 0.15) is 72.6 Å². The largest absolute Gasteiger partial charge is 0.414 e. The highest BCUT2D eigenvalue weighted by atomic mass is 28.4. The summed E-state index contributed by atoms with van der Waals surface area (Å²) in [6.07, 6.45) is 11.2. The lowest BCUT2D eigenvalue weighted by Crippen LogP contribution is -2.44. The highest BCUT2D eigenvalue weighted by molar-refractivity contribution is 6.74. The van der Waals surface area contributed by atoms with Crippen molar-refractivity contribution in [2.75, 3.05) is 7.05 Å². The molecule has 1 atom stereocenters. The summed E-state index contributed by atoms with van der Waals surface area (Å²) in [7, 11) is 0.197. The lowest BCUT2D eigenvalue weighted by molar-refractivity contribution is 0.175. The summed E-state index contributed by atoms with van der Waals surface area (Å²) in [5.41, 5.74) is 0. The predicted molar refractivity (Wildman–Crippen MR) is 94.5 cm³/mol. The second-order valence-corrected chi connectivity index (χ2v) is 12.1. The summed E-state index contributed by atoms with van der Waals surface area (Å²) in [4.78, 5) is 4.14. The van der Waals surface area contributed by atoms with Crippen LogP contribution in [0.4, 0.5) is 0 Å². The second-order valence-electron chi connectivity index (χ2n) is 7.38. The Morgan fingerprint density at radius 3 is 2.20 bits per heavy atom. The van der Waals surface area contributed by atoms with E-state index in [1.54, 1.807) is 0 Å². The molecule has 0 rings (SSSR count). The molecule has 120 valence electrons. The zero-order valence-corrected chi connectivity index (χ0v) is 16.0. The Morgan fingerprint density at radius 2 is 1.70 bits per heavy atom. The molecule has 0 amide bonds. The van der Waals surface area contributed by atoms with Crippen molar-refractivity contribution >= 4 is 14.5 Å². The first-order chi connectivity index (χ1) is 9.24. The van der Waals surface area contributed by atoms with Crippen LogP contribution in [0.3, 0.4) is 0 Å². The van der Waals surface area contributed by atoms with Crippen LogP contribution in [-0.2, 0) is 4.43 Å². The molecule has 0 aromatic carbocycles. The maximum atomic E-state index is 6.56. The minimum Gasteiger partial charge on any atom is -0.414 e. The van der Waals surface area contributed by atoms with Crippen LogP contribution in [0.15, 0.2) is 4.99 Å². The van der Waals surface area contributed by atoms with E-state index in [-0.39, 0.29) is 5.04 Å². The Morgan fingerprint density at radius 1 is 1.10 bits per heavy atom. The third kappa shape index (κ3) is 8.20. The van der Waals surface area contributed by atoms with Crippen LogP contribution >= 0.6 is 0 Å². The first kappa shape index (κ1) is 19.8. The number of unbranched alkanes of at least 4 members (excludes halogenated alkanes) is 4. The molecule has 0 saturated heterocycles. The predicted octanol–water partition coefficient (Wildman–Crippen LogP) is 5.83. The molecule has 0 bridgehead atoms. The van der Waals surface area contributed by atoms with E-state index in [1.165, 1.54) is 38.5 Å². The summed E-state index contributed by atoms with van der Waals surface area (Å²) in [6.45, 7) is 13.9. The van der Waals surface area contributed by atoms with Gasteiger partial charge in [-0.05, 0) is 24.6 Å². The molecule has 0 spiro atoms. The molecule has 0 aliphatic heterocycles. The van der Waals surface area contributed by atoms with Crippen molar-refractivity contribution < 1.29 is 4.43 Å². The molecule has 0 saturated carbocycles. The topological polar surface area (TPSA) is 21.6 Å². The van der Waals surface area contributed by atoms with E-state index in [9.17, 15) is 0 Å². The zero-order chi connectivity index (χ0) is 15.6. The van der Waals surface area contributed by atoms with Gasteiger partial charge in [-0.15, -0.1) is 0 Å². The summed E-state index contributed by atoms with van der Waals surface area (Å²) >= 11 is 0. The van der Waals surface area contributed by atoms with Crippen molar-refractivity contribution in [1.82, 2.24) is 0 Å². The number of hydrogen-bond acceptors (Lipinski definition) is 2. The van der Waals surface area contributed by atoms with Gasteiger partial charge in [0.1, 0.15) is 0 Å². The summed E-state index contributed by atoms with van der Waals surface area (Å²) < 4.78 is 6.56. The maximum Gasteiger partial charge on any atom is 0.192 e. The smallest absolute Gasteiger partial charge is 0.192 e. The molecule has 0 aromatic heterocycles. The highest BCUT2D eigenvalue weighted by Gasteiger charge is 2.38. The van der Waals surface area contributed by atoms with Gasteiger partial charge in [0.15, 0.2) is 8.32 Å². The van der Waals surface area contributed by atoms with Gasteiger partial charge in [0, 0.05) is 25.8 Å². The van der Waals surface area contributed by atoms with E-state index in [1.807, 2.05) is 13.3 Å². The van der Waals surface area contributed by atoms with Crippen LogP contribution in [0.2, 0.25) is 18.1 Å². The lowest BCUT2D eigenvalue weighted by Gasteiger charge is -2.39. The fourth-order valence-corrected chi connectivity index (χ4v) is 3.42. The average Bonchev–Trinajstić information content (AvgIpc) is 2.33. The molecular formula is C17H37NOSi.